The highest BCUT2D eigenvalue weighted by molar-refractivity contribution is 5.95. The van der Waals surface area contributed by atoms with E-state index in [0.29, 0.717) is 38.0 Å². The van der Waals surface area contributed by atoms with Crippen molar-refractivity contribution in [3.05, 3.63) is 72.1 Å². The molecule has 4 fully saturated rings. The standard InChI is InChI=1S/C37H48N4O4/c1-25(2)41-22-30(21-39-41)29-11-18-38-34(20-29)40(35(44)28-7-5-27(6-8-28)32(43)23-42)24-36-12-15-37(16-13-36,17-14-36)31-9-10-33(45-4)26(3)19-31/h9-11,18-23,25,27-28,42-43H,5-8,12-17,24H2,1-4H3/b32-23+. The van der Waals surface area contributed by atoms with Crippen molar-refractivity contribution in [1.82, 2.24) is 14.8 Å². The Hall–Kier alpha value is -3.81. The molecule has 4 aliphatic carbocycles. The summed E-state index contributed by atoms with van der Waals surface area (Å²) >= 11 is 0. The van der Waals surface area contributed by atoms with Crippen molar-refractivity contribution in [2.45, 2.75) is 96.4 Å². The van der Waals surface area contributed by atoms with Gasteiger partial charge in [-0.15, -0.1) is 0 Å². The van der Waals surface area contributed by atoms with Crippen LogP contribution >= 0.6 is 0 Å². The summed E-state index contributed by atoms with van der Waals surface area (Å²) in [6.07, 6.45) is 15.9. The number of fused-ring (bicyclic) bond motifs is 3. The Morgan fingerprint density at radius 1 is 1.04 bits per heavy atom. The number of aliphatic hydroxyl groups is 2. The molecular formula is C37H48N4O4. The van der Waals surface area contributed by atoms with Crippen LogP contribution in [0, 0.1) is 24.2 Å². The van der Waals surface area contributed by atoms with E-state index in [1.165, 1.54) is 11.1 Å². The molecule has 8 heteroatoms. The molecule has 0 unspecified atom stereocenters. The van der Waals surface area contributed by atoms with Crippen LogP contribution in [0.25, 0.3) is 11.1 Å². The predicted octanol–water partition coefficient (Wildman–Crippen LogP) is 8.23. The zero-order valence-corrected chi connectivity index (χ0v) is 27.2. The monoisotopic (exact) mass is 612 g/mol. The van der Waals surface area contributed by atoms with Crippen molar-refractivity contribution in [2.75, 3.05) is 18.6 Å². The Bertz CT molecular complexity index is 1530. The van der Waals surface area contributed by atoms with Gasteiger partial charge in [-0.25, -0.2) is 4.98 Å². The minimum atomic E-state index is -0.133. The predicted molar refractivity (Wildman–Crippen MR) is 177 cm³/mol. The average Bonchev–Trinajstić information content (AvgIpc) is 3.59. The number of carbonyl (C=O) groups excluding carboxylic acids is 1. The molecule has 2 heterocycles. The smallest absolute Gasteiger partial charge is 0.231 e. The second-order valence-electron chi connectivity index (χ2n) is 14.2. The minimum absolute atomic E-state index is 0.0212. The third-order valence-electron chi connectivity index (χ3n) is 11.3. The maximum atomic E-state index is 14.4. The van der Waals surface area contributed by atoms with E-state index in [9.17, 15) is 15.0 Å². The number of hydrogen-bond acceptors (Lipinski definition) is 6. The van der Waals surface area contributed by atoms with Gasteiger partial charge in [0.15, 0.2) is 0 Å². The van der Waals surface area contributed by atoms with E-state index in [0.717, 1.165) is 61.7 Å². The van der Waals surface area contributed by atoms with E-state index in [1.807, 2.05) is 28.0 Å². The Kier molecular flexibility index (Phi) is 8.68. The molecule has 2 aromatic heterocycles. The fraction of sp³-hybridized carbons (Fsp3) is 0.541. The fourth-order valence-corrected chi connectivity index (χ4v) is 8.23. The number of allylic oxidation sites excluding steroid dienone is 1. The second kappa shape index (κ2) is 12.5. The first-order valence-electron chi connectivity index (χ1n) is 16.7. The van der Waals surface area contributed by atoms with E-state index >= 15 is 0 Å². The van der Waals surface area contributed by atoms with Gasteiger partial charge in [-0.3, -0.25) is 14.4 Å². The molecule has 1 amide bonds. The van der Waals surface area contributed by atoms with E-state index in [2.05, 4.69) is 56.3 Å². The summed E-state index contributed by atoms with van der Waals surface area (Å²) in [6, 6.07) is 11.0. The number of rotatable bonds is 9. The van der Waals surface area contributed by atoms with Crippen molar-refractivity contribution in [3.8, 4) is 16.9 Å². The summed E-state index contributed by atoms with van der Waals surface area (Å²) in [5, 5.41) is 23.9. The van der Waals surface area contributed by atoms with Gasteiger partial charge in [0.2, 0.25) is 5.91 Å². The summed E-state index contributed by atoms with van der Waals surface area (Å²) < 4.78 is 7.49. The summed E-state index contributed by atoms with van der Waals surface area (Å²) in [5.41, 5.74) is 4.89. The SMILES string of the molecule is COc1ccc(C23CCC(CN(C(=O)C4CCC(/C(O)=C\O)CC4)c4cc(-c5cnn(C(C)C)c5)ccn4)(CC2)CC3)cc1C. The van der Waals surface area contributed by atoms with Gasteiger partial charge in [0.05, 0.1) is 13.3 Å². The van der Waals surface area contributed by atoms with Crippen LogP contribution in [-0.2, 0) is 10.2 Å². The van der Waals surface area contributed by atoms with Gasteiger partial charge in [0.25, 0.3) is 0 Å². The third-order valence-corrected chi connectivity index (χ3v) is 11.3. The van der Waals surface area contributed by atoms with Gasteiger partial charge in [0, 0.05) is 42.4 Å². The largest absolute Gasteiger partial charge is 0.512 e. The van der Waals surface area contributed by atoms with Crippen molar-refractivity contribution >= 4 is 11.7 Å². The highest BCUT2D eigenvalue weighted by Crippen LogP contribution is 2.58. The van der Waals surface area contributed by atoms with Crippen LogP contribution < -0.4 is 9.64 Å². The van der Waals surface area contributed by atoms with Crippen molar-refractivity contribution in [2.24, 2.45) is 17.3 Å². The maximum Gasteiger partial charge on any atom is 0.231 e. The molecule has 1 aromatic carbocycles. The molecule has 0 atom stereocenters. The Morgan fingerprint density at radius 2 is 1.73 bits per heavy atom. The molecule has 7 rings (SSSR count). The van der Waals surface area contributed by atoms with E-state index in [1.54, 1.807) is 7.11 Å². The van der Waals surface area contributed by atoms with Crippen LogP contribution in [-0.4, -0.2) is 44.5 Å². The number of nitrogens with zero attached hydrogens (tertiary/aromatic N) is 4. The van der Waals surface area contributed by atoms with Crippen LogP contribution in [0.3, 0.4) is 0 Å². The molecule has 45 heavy (non-hydrogen) atoms. The van der Waals surface area contributed by atoms with Crippen LogP contribution in [0.5, 0.6) is 5.75 Å². The lowest BCUT2D eigenvalue weighted by molar-refractivity contribution is -0.124. The number of aliphatic hydroxyl groups excluding tert-OH is 2. The Morgan fingerprint density at radius 3 is 2.33 bits per heavy atom. The molecule has 2 N–H and O–H groups in total. The zero-order valence-electron chi connectivity index (χ0n) is 27.2. The normalized spacial score (nSPS) is 26.6. The van der Waals surface area contributed by atoms with Crippen molar-refractivity contribution in [1.29, 1.82) is 0 Å². The van der Waals surface area contributed by atoms with Gasteiger partial charge in [-0.05, 0) is 131 Å². The molecule has 8 nitrogen and oxygen atoms in total. The Balaban J connectivity index is 1.26. The Labute approximate surface area is 267 Å². The highest BCUT2D eigenvalue weighted by Gasteiger charge is 2.51. The lowest BCUT2D eigenvalue weighted by atomic mass is 9.51. The van der Waals surface area contributed by atoms with Gasteiger partial charge < -0.3 is 14.9 Å². The van der Waals surface area contributed by atoms with E-state index in [-0.39, 0.29) is 40.4 Å². The first-order valence-corrected chi connectivity index (χ1v) is 16.7. The molecular weight excluding hydrogens is 564 g/mol. The van der Waals surface area contributed by atoms with Crippen LogP contribution in [0.2, 0.25) is 0 Å². The number of benzene rings is 1. The number of ether oxygens (including phenoxy) is 1. The fourth-order valence-electron chi connectivity index (χ4n) is 8.23. The number of methoxy groups -OCH3 is 1. The van der Waals surface area contributed by atoms with Gasteiger partial charge in [-0.2, -0.15) is 5.10 Å². The number of aryl methyl sites for hydroxylation is 1. The molecule has 0 aliphatic heterocycles. The molecule has 0 spiro atoms. The number of amides is 1. The molecule has 4 aliphatic rings. The first-order chi connectivity index (χ1) is 21.7. The number of pyridine rings is 1. The number of aromatic nitrogens is 3. The summed E-state index contributed by atoms with van der Waals surface area (Å²) in [6.45, 7) is 7.02. The molecule has 2 bridgehead atoms. The lowest BCUT2D eigenvalue weighted by Gasteiger charge is -2.55. The zero-order chi connectivity index (χ0) is 31.8. The van der Waals surface area contributed by atoms with Gasteiger partial charge in [0.1, 0.15) is 23.6 Å². The quantitative estimate of drug-likeness (QED) is 0.236. The van der Waals surface area contributed by atoms with E-state index in [4.69, 9.17) is 9.72 Å². The molecule has 240 valence electrons. The lowest BCUT2D eigenvalue weighted by Crippen LogP contribution is -2.52. The summed E-state index contributed by atoms with van der Waals surface area (Å²) in [5.74, 6) is 1.58. The topological polar surface area (TPSA) is 101 Å². The number of hydrogen-bond donors (Lipinski definition) is 2. The third kappa shape index (κ3) is 6.08. The molecule has 3 aromatic rings. The molecule has 0 radical (unpaired) electrons. The number of carbonyl (C=O) groups is 1. The minimum Gasteiger partial charge on any atom is -0.512 e. The van der Waals surface area contributed by atoms with Crippen LogP contribution in [0.4, 0.5) is 5.82 Å². The molecule has 4 saturated carbocycles. The van der Waals surface area contributed by atoms with E-state index < -0.39 is 0 Å². The maximum absolute atomic E-state index is 14.4. The average molecular weight is 613 g/mol. The number of anilines is 1. The molecule has 0 saturated heterocycles. The van der Waals surface area contributed by atoms with Crippen LogP contribution in [0.1, 0.15) is 95.2 Å². The van der Waals surface area contributed by atoms with Gasteiger partial charge >= 0.3 is 0 Å². The van der Waals surface area contributed by atoms with Gasteiger partial charge in [-0.1, -0.05) is 12.1 Å². The summed E-state index contributed by atoms with van der Waals surface area (Å²) in [7, 11) is 1.73. The summed E-state index contributed by atoms with van der Waals surface area (Å²) in [4.78, 5) is 21.2. The van der Waals surface area contributed by atoms with Crippen molar-refractivity contribution in [3.63, 3.8) is 0 Å². The van der Waals surface area contributed by atoms with Crippen LogP contribution in [0.15, 0.2) is 60.9 Å². The second-order valence-corrected chi connectivity index (χ2v) is 14.2. The van der Waals surface area contributed by atoms with Crippen molar-refractivity contribution < 1.29 is 19.7 Å². The first kappa shape index (κ1) is 31.2. The highest BCUT2D eigenvalue weighted by atomic mass is 16.5.